The Morgan fingerprint density at radius 2 is 1.90 bits per heavy atom. The molecule has 21 heavy (non-hydrogen) atoms. The first-order chi connectivity index (χ1) is 10.1. The number of pyridine rings is 1. The van der Waals surface area contributed by atoms with Crippen LogP contribution >= 0.6 is 0 Å². The highest BCUT2D eigenvalue weighted by Gasteiger charge is 2.16. The van der Waals surface area contributed by atoms with Crippen molar-refractivity contribution in [2.75, 3.05) is 18.0 Å². The van der Waals surface area contributed by atoms with Crippen molar-refractivity contribution >= 4 is 17.8 Å². The predicted molar refractivity (Wildman–Crippen MR) is 86.6 cm³/mol. The Kier molecular flexibility index (Phi) is 3.74. The Hall–Kier alpha value is -2.16. The molecule has 108 valence electrons. The zero-order valence-electron chi connectivity index (χ0n) is 12.9. The lowest BCUT2D eigenvalue weighted by atomic mass is 10.0. The third kappa shape index (κ3) is 2.82. The van der Waals surface area contributed by atoms with Gasteiger partial charge in [-0.15, -0.1) is 0 Å². The summed E-state index contributed by atoms with van der Waals surface area (Å²) in [7, 11) is 0. The highest BCUT2D eigenvalue weighted by molar-refractivity contribution is 5.75. The van der Waals surface area contributed by atoms with Crippen molar-refractivity contribution in [3.8, 4) is 0 Å². The second kappa shape index (κ2) is 5.68. The molecule has 1 aromatic heterocycles. The summed E-state index contributed by atoms with van der Waals surface area (Å²) >= 11 is 0. The van der Waals surface area contributed by atoms with Gasteiger partial charge in [0, 0.05) is 18.3 Å². The molecular weight excluding hydrogens is 258 g/mol. The van der Waals surface area contributed by atoms with Gasteiger partial charge in [0.2, 0.25) is 6.34 Å². The van der Waals surface area contributed by atoms with E-state index in [1.165, 1.54) is 22.4 Å². The molecule has 0 fully saturated rings. The van der Waals surface area contributed by atoms with Crippen LogP contribution in [0, 0.1) is 20.8 Å². The second-order valence-corrected chi connectivity index (χ2v) is 5.69. The van der Waals surface area contributed by atoms with Crippen molar-refractivity contribution in [1.29, 1.82) is 0 Å². The lowest BCUT2D eigenvalue weighted by Crippen LogP contribution is -2.35. The molecule has 0 radical (unpaired) electrons. The molecule has 0 bridgehead atoms. The number of hydrogen-bond acceptors (Lipinski definition) is 2. The molecule has 3 heteroatoms. The van der Waals surface area contributed by atoms with Crippen LogP contribution in [0.1, 0.15) is 23.1 Å². The van der Waals surface area contributed by atoms with Crippen LogP contribution in [0.5, 0.6) is 0 Å². The zero-order valence-corrected chi connectivity index (χ0v) is 12.9. The lowest BCUT2D eigenvalue weighted by molar-refractivity contribution is -0.441. The molecule has 3 nitrogen and oxygen atoms in total. The van der Waals surface area contributed by atoms with Crippen molar-refractivity contribution in [2.45, 2.75) is 27.2 Å². The van der Waals surface area contributed by atoms with E-state index in [-0.39, 0.29) is 0 Å². The van der Waals surface area contributed by atoms with Crippen LogP contribution in [-0.4, -0.2) is 29.0 Å². The van der Waals surface area contributed by atoms with Gasteiger partial charge in [0.25, 0.3) is 0 Å². The number of nitrogens with zero attached hydrogens (tertiary/aromatic N) is 3. The summed E-state index contributed by atoms with van der Waals surface area (Å²) in [5, 5.41) is 0. The van der Waals surface area contributed by atoms with E-state index in [4.69, 9.17) is 0 Å². The fourth-order valence-corrected chi connectivity index (χ4v) is 3.07. The molecule has 0 amide bonds. The lowest BCUT2D eigenvalue weighted by Gasteiger charge is -2.28. The summed E-state index contributed by atoms with van der Waals surface area (Å²) in [6, 6.07) is 10.5. The molecule has 1 aliphatic heterocycles. The zero-order chi connectivity index (χ0) is 14.8. The van der Waals surface area contributed by atoms with E-state index < -0.39 is 0 Å². The van der Waals surface area contributed by atoms with Gasteiger partial charge in [0.05, 0.1) is 13.1 Å². The average molecular weight is 279 g/mol. The van der Waals surface area contributed by atoms with Gasteiger partial charge in [0.15, 0.2) is 0 Å². The van der Waals surface area contributed by atoms with E-state index in [2.05, 4.69) is 53.7 Å². The maximum atomic E-state index is 4.43. The summed E-state index contributed by atoms with van der Waals surface area (Å²) in [4.78, 5) is 6.54. The fourth-order valence-electron chi connectivity index (χ4n) is 3.07. The van der Waals surface area contributed by atoms with Crippen molar-refractivity contribution in [3.63, 3.8) is 0 Å². The first-order valence-electron chi connectivity index (χ1n) is 7.45. The molecule has 0 aliphatic carbocycles. The van der Waals surface area contributed by atoms with E-state index in [1.807, 2.05) is 24.4 Å². The van der Waals surface area contributed by atoms with Gasteiger partial charge in [0.1, 0.15) is 5.82 Å². The fraction of sp³-hybridized carbons (Fsp3) is 0.333. The molecule has 0 atom stereocenters. The molecule has 0 saturated carbocycles. The van der Waals surface area contributed by atoms with Gasteiger partial charge in [-0.25, -0.2) is 0 Å². The van der Waals surface area contributed by atoms with Crippen molar-refractivity contribution in [1.82, 2.24) is 4.98 Å². The minimum atomic E-state index is 0.963. The topological polar surface area (TPSA) is 19.1 Å². The average Bonchev–Trinajstić information content (AvgIpc) is 2.47. The summed E-state index contributed by atoms with van der Waals surface area (Å²) in [5.74, 6) is 0.963. The molecule has 1 aliphatic rings. The Morgan fingerprint density at radius 3 is 2.57 bits per heavy atom. The molecule has 0 N–H and O–H groups in total. The summed E-state index contributed by atoms with van der Waals surface area (Å²) < 4.78 is 2.24. The van der Waals surface area contributed by atoms with E-state index >= 15 is 0 Å². The molecule has 0 unspecified atom stereocenters. The highest BCUT2D eigenvalue weighted by Crippen LogP contribution is 2.26. The van der Waals surface area contributed by atoms with Crippen LogP contribution in [0.25, 0.3) is 0 Å². The molecule has 0 saturated heterocycles. The molecule has 2 heterocycles. The number of aryl methyl sites for hydroxylation is 3. The second-order valence-electron chi connectivity index (χ2n) is 5.69. The third-order valence-electron chi connectivity index (χ3n) is 3.84. The first-order valence-corrected chi connectivity index (χ1v) is 7.45. The van der Waals surface area contributed by atoms with Gasteiger partial charge in [-0.05, 0) is 26.8 Å². The molecule has 1 aromatic carbocycles. The number of hydrogen-bond donors (Lipinski definition) is 0. The van der Waals surface area contributed by atoms with Crippen LogP contribution in [0.4, 0.5) is 11.5 Å². The largest absolute Gasteiger partial charge is 0.337 e. The monoisotopic (exact) mass is 279 g/mol. The van der Waals surface area contributed by atoms with Crippen molar-refractivity contribution in [3.05, 3.63) is 53.2 Å². The van der Waals surface area contributed by atoms with Crippen molar-refractivity contribution < 1.29 is 4.58 Å². The Bertz CT molecular complexity index is 651. The van der Waals surface area contributed by atoms with Gasteiger partial charge in [-0.3, -0.25) is 4.98 Å². The summed E-state index contributed by atoms with van der Waals surface area (Å²) in [5.41, 5.74) is 5.21. The van der Waals surface area contributed by atoms with Crippen LogP contribution in [0.3, 0.4) is 0 Å². The Labute approximate surface area is 126 Å². The standard InChI is InChI=1S/C18H21N3/c1-14-11-15(2)18(16(3)12-14)21-10-6-9-20(13-21)17-7-4-5-8-19-17/h4-5,7-8,11-12H,6,9-10H2,1-3H3. The van der Waals surface area contributed by atoms with Crippen LogP contribution in [0.15, 0.2) is 36.5 Å². The van der Waals surface area contributed by atoms with Gasteiger partial charge in [-0.2, -0.15) is 0 Å². The van der Waals surface area contributed by atoms with Crippen molar-refractivity contribution in [2.24, 2.45) is 0 Å². The Morgan fingerprint density at radius 1 is 1.14 bits per heavy atom. The normalized spacial score (nSPS) is 15.0. The molecule has 3 rings (SSSR count). The van der Waals surface area contributed by atoms with E-state index in [0.717, 1.165) is 25.3 Å². The molecular formula is C18H21N3. The maximum absolute atomic E-state index is 4.43. The van der Waals surface area contributed by atoms with E-state index in [0.29, 0.717) is 0 Å². The quantitative estimate of drug-likeness (QED) is 0.619. The van der Waals surface area contributed by atoms with Gasteiger partial charge < -0.3 is 9.48 Å². The van der Waals surface area contributed by atoms with Crippen LogP contribution in [-0.2, 0) is 0 Å². The van der Waals surface area contributed by atoms with Crippen LogP contribution in [0.2, 0.25) is 0 Å². The number of anilines is 1. The molecule has 0 spiro atoms. The minimum absolute atomic E-state index is 0.963. The van der Waals surface area contributed by atoms with E-state index in [9.17, 15) is 0 Å². The van der Waals surface area contributed by atoms with Crippen LogP contribution < -0.4 is 4.90 Å². The number of rotatable bonds is 2. The van der Waals surface area contributed by atoms with E-state index in [1.54, 1.807) is 0 Å². The summed E-state index contributed by atoms with van der Waals surface area (Å²) in [6.07, 6.45) is 6.43. The summed E-state index contributed by atoms with van der Waals surface area (Å²) in [6.45, 7) is 8.48. The van der Waals surface area contributed by atoms with Gasteiger partial charge >= 0.3 is 0 Å². The SMILES string of the molecule is Cc1cc(C)c([N+]2=[C-]N(c3ccccn3)CCC2)c(C)c1. The smallest absolute Gasteiger partial charge is 0.207 e. The highest BCUT2D eigenvalue weighted by atomic mass is 15.3. The number of benzene rings is 1. The Balaban J connectivity index is 2.01. The maximum Gasteiger partial charge on any atom is 0.207 e. The molecule has 2 aromatic rings. The predicted octanol–water partition coefficient (Wildman–Crippen LogP) is 3.47. The minimum Gasteiger partial charge on any atom is -0.337 e. The third-order valence-corrected chi connectivity index (χ3v) is 3.84. The first kappa shape index (κ1) is 13.8. The number of aromatic nitrogens is 1. The van der Waals surface area contributed by atoms with Gasteiger partial charge in [-0.1, -0.05) is 41.0 Å².